The van der Waals surface area contributed by atoms with Gasteiger partial charge in [-0.3, -0.25) is 4.68 Å². The molecule has 0 amide bonds. The maximum absolute atomic E-state index is 4.43. The highest BCUT2D eigenvalue weighted by molar-refractivity contribution is 5.06. The van der Waals surface area contributed by atoms with Gasteiger partial charge in [0.2, 0.25) is 0 Å². The molecule has 0 spiro atoms. The fourth-order valence-corrected chi connectivity index (χ4v) is 1.61. The lowest BCUT2D eigenvalue weighted by Crippen LogP contribution is -2.02. The second kappa shape index (κ2) is 2.92. The van der Waals surface area contributed by atoms with E-state index in [1.165, 1.54) is 25.0 Å². The van der Waals surface area contributed by atoms with Gasteiger partial charge >= 0.3 is 0 Å². The highest BCUT2D eigenvalue weighted by atomic mass is 15.3. The largest absolute Gasteiger partial charge is 0.270 e. The van der Waals surface area contributed by atoms with Crippen LogP contribution in [0.3, 0.4) is 0 Å². The Morgan fingerprint density at radius 3 is 2.75 bits per heavy atom. The van der Waals surface area contributed by atoms with E-state index in [1.54, 1.807) is 0 Å². The van der Waals surface area contributed by atoms with Gasteiger partial charge in [-0.25, -0.2) is 0 Å². The van der Waals surface area contributed by atoms with Gasteiger partial charge < -0.3 is 0 Å². The zero-order valence-electron chi connectivity index (χ0n) is 7.88. The van der Waals surface area contributed by atoms with E-state index in [1.807, 2.05) is 0 Å². The lowest BCUT2D eigenvalue weighted by Gasteiger charge is -2.01. The van der Waals surface area contributed by atoms with Gasteiger partial charge in [0, 0.05) is 12.2 Å². The standard InChI is InChI=1S/C10H16N2/c1-8-7-9(2)12(11-8)6-5-10-3-4-10/h7,10H,3-6H2,1-2H3. The van der Waals surface area contributed by atoms with Gasteiger partial charge in [0.25, 0.3) is 0 Å². The zero-order valence-corrected chi connectivity index (χ0v) is 7.88. The monoisotopic (exact) mass is 164 g/mol. The van der Waals surface area contributed by atoms with Gasteiger partial charge in [-0.2, -0.15) is 5.10 Å². The highest BCUT2D eigenvalue weighted by Crippen LogP contribution is 2.32. The molecule has 0 bridgehead atoms. The molecule has 0 atom stereocenters. The van der Waals surface area contributed by atoms with Crippen LogP contribution in [0.2, 0.25) is 0 Å². The number of aryl methyl sites for hydroxylation is 3. The van der Waals surface area contributed by atoms with E-state index in [0.717, 1.165) is 18.2 Å². The Labute approximate surface area is 73.6 Å². The fourth-order valence-electron chi connectivity index (χ4n) is 1.61. The maximum atomic E-state index is 4.43. The molecule has 66 valence electrons. The summed E-state index contributed by atoms with van der Waals surface area (Å²) in [5, 5.41) is 4.43. The van der Waals surface area contributed by atoms with Gasteiger partial charge in [-0.05, 0) is 32.3 Å². The number of hydrogen-bond donors (Lipinski definition) is 0. The van der Waals surface area contributed by atoms with Crippen molar-refractivity contribution in [3.8, 4) is 0 Å². The summed E-state index contributed by atoms with van der Waals surface area (Å²) in [6, 6.07) is 2.15. The van der Waals surface area contributed by atoms with Crippen molar-refractivity contribution in [1.82, 2.24) is 9.78 Å². The average molecular weight is 164 g/mol. The third-order valence-corrected chi connectivity index (χ3v) is 2.55. The third kappa shape index (κ3) is 1.68. The molecule has 0 aromatic carbocycles. The van der Waals surface area contributed by atoms with Crippen molar-refractivity contribution in [2.24, 2.45) is 5.92 Å². The van der Waals surface area contributed by atoms with Gasteiger partial charge in [0.05, 0.1) is 5.69 Å². The molecule has 1 aromatic heterocycles. The summed E-state index contributed by atoms with van der Waals surface area (Å²) in [7, 11) is 0. The van der Waals surface area contributed by atoms with E-state index in [0.29, 0.717) is 0 Å². The zero-order chi connectivity index (χ0) is 8.55. The topological polar surface area (TPSA) is 17.8 Å². The first kappa shape index (κ1) is 7.84. The van der Waals surface area contributed by atoms with Crippen LogP contribution in [-0.4, -0.2) is 9.78 Å². The number of rotatable bonds is 3. The van der Waals surface area contributed by atoms with Gasteiger partial charge in [0.1, 0.15) is 0 Å². The SMILES string of the molecule is Cc1cc(C)n(CCC2CC2)n1. The Morgan fingerprint density at radius 2 is 2.25 bits per heavy atom. The molecule has 2 nitrogen and oxygen atoms in total. The van der Waals surface area contributed by atoms with Crippen molar-refractivity contribution in [3.05, 3.63) is 17.5 Å². The molecular weight excluding hydrogens is 148 g/mol. The average Bonchev–Trinajstić information content (AvgIpc) is 2.76. The quantitative estimate of drug-likeness (QED) is 0.670. The molecule has 0 aliphatic heterocycles. The summed E-state index contributed by atoms with van der Waals surface area (Å²) in [5.41, 5.74) is 2.44. The van der Waals surface area contributed by atoms with Crippen molar-refractivity contribution in [2.75, 3.05) is 0 Å². The molecule has 1 heterocycles. The Morgan fingerprint density at radius 1 is 1.50 bits per heavy atom. The van der Waals surface area contributed by atoms with Crippen LogP contribution >= 0.6 is 0 Å². The first-order valence-corrected chi connectivity index (χ1v) is 4.77. The Kier molecular flexibility index (Phi) is 1.91. The number of nitrogens with zero attached hydrogens (tertiary/aromatic N) is 2. The van der Waals surface area contributed by atoms with Gasteiger partial charge in [-0.1, -0.05) is 12.8 Å². The van der Waals surface area contributed by atoms with Crippen LogP contribution in [0.1, 0.15) is 30.7 Å². The van der Waals surface area contributed by atoms with E-state index in [4.69, 9.17) is 0 Å². The van der Waals surface area contributed by atoms with E-state index in [2.05, 4.69) is 29.7 Å². The normalized spacial score (nSPS) is 16.8. The second-order valence-electron chi connectivity index (χ2n) is 3.88. The molecule has 12 heavy (non-hydrogen) atoms. The fraction of sp³-hybridized carbons (Fsp3) is 0.700. The summed E-state index contributed by atoms with van der Waals surface area (Å²) in [6.45, 7) is 5.30. The molecule has 1 fully saturated rings. The van der Waals surface area contributed by atoms with Gasteiger partial charge in [-0.15, -0.1) is 0 Å². The molecule has 0 saturated heterocycles. The van der Waals surface area contributed by atoms with Crippen molar-refractivity contribution < 1.29 is 0 Å². The van der Waals surface area contributed by atoms with E-state index in [-0.39, 0.29) is 0 Å². The second-order valence-corrected chi connectivity index (χ2v) is 3.88. The number of aromatic nitrogens is 2. The number of hydrogen-bond acceptors (Lipinski definition) is 1. The van der Waals surface area contributed by atoms with Crippen LogP contribution in [-0.2, 0) is 6.54 Å². The molecule has 1 saturated carbocycles. The molecule has 0 unspecified atom stereocenters. The molecule has 0 N–H and O–H groups in total. The van der Waals surface area contributed by atoms with Crippen LogP contribution in [0.4, 0.5) is 0 Å². The summed E-state index contributed by atoms with van der Waals surface area (Å²) in [6.07, 6.45) is 4.21. The Balaban J connectivity index is 1.96. The van der Waals surface area contributed by atoms with Crippen molar-refractivity contribution in [3.63, 3.8) is 0 Å². The molecule has 2 rings (SSSR count). The van der Waals surface area contributed by atoms with Crippen molar-refractivity contribution in [1.29, 1.82) is 0 Å². The minimum atomic E-state index is 1.01. The van der Waals surface area contributed by atoms with Crippen LogP contribution in [0.25, 0.3) is 0 Å². The maximum Gasteiger partial charge on any atom is 0.0596 e. The van der Waals surface area contributed by atoms with Crippen molar-refractivity contribution >= 4 is 0 Å². The van der Waals surface area contributed by atoms with Crippen molar-refractivity contribution in [2.45, 2.75) is 39.7 Å². The molecular formula is C10H16N2. The molecule has 1 aliphatic rings. The van der Waals surface area contributed by atoms with Crippen LogP contribution in [0.15, 0.2) is 6.07 Å². The van der Waals surface area contributed by atoms with Crippen LogP contribution in [0, 0.1) is 19.8 Å². The predicted octanol–water partition coefficient (Wildman–Crippen LogP) is 2.30. The van der Waals surface area contributed by atoms with E-state index in [9.17, 15) is 0 Å². The predicted molar refractivity (Wildman–Crippen MR) is 49.0 cm³/mol. The first-order chi connectivity index (χ1) is 5.75. The summed E-state index contributed by atoms with van der Waals surface area (Å²) >= 11 is 0. The molecule has 1 aromatic rings. The Hall–Kier alpha value is -0.790. The molecule has 1 aliphatic carbocycles. The summed E-state index contributed by atoms with van der Waals surface area (Å²) < 4.78 is 2.13. The first-order valence-electron chi connectivity index (χ1n) is 4.77. The van der Waals surface area contributed by atoms with Crippen LogP contribution in [0.5, 0.6) is 0 Å². The summed E-state index contributed by atoms with van der Waals surface area (Å²) in [5.74, 6) is 1.01. The molecule has 2 heteroatoms. The van der Waals surface area contributed by atoms with E-state index < -0.39 is 0 Å². The van der Waals surface area contributed by atoms with Crippen LogP contribution < -0.4 is 0 Å². The minimum Gasteiger partial charge on any atom is -0.270 e. The molecule has 0 radical (unpaired) electrons. The lowest BCUT2D eigenvalue weighted by molar-refractivity contribution is 0.533. The highest BCUT2D eigenvalue weighted by Gasteiger charge is 2.20. The van der Waals surface area contributed by atoms with Gasteiger partial charge in [0.15, 0.2) is 0 Å². The van der Waals surface area contributed by atoms with E-state index >= 15 is 0 Å². The minimum absolute atomic E-state index is 1.01. The smallest absolute Gasteiger partial charge is 0.0596 e. The summed E-state index contributed by atoms with van der Waals surface area (Å²) in [4.78, 5) is 0. The third-order valence-electron chi connectivity index (χ3n) is 2.55. The Bertz CT molecular complexity index is 271. The lowest BCUT2D eigenvalue weighted by atomic mass is 10.3.